The number of fused-ring (bicyclic) bond motifs is 2. The van der Waals surface area contributed by atoms with Crippen LogP contribution in [0, 0.1) is 4.91 Å². The van der Waals surface area contributed by atoms with Gasteiger partial charge in [-0.2, -0.15) is 4.98 Å². The number of nitrogen functional groups attached to an aromatic ring is 2. The van der Waals surface area contributed by atoms with Crippen LogP contribution >= 0.6 is 7.67 Å². The SMILES string of the molecule is CO[C@@H]1[C@H](OCOC[C@H]2O[C@@H](n3cnc4c(=O)[nH]c(N)nc43)[C@H](O)[C@@H]2O)C(COP(=O)(N=O)n2ccnc2)O[C@H]1n1cnc2c(N)ncnc21. The minimum atomic E-state index is -4.29. The lowest BCUT2D eigenvalue weighted by Crippen LogP contribution is -2.39. The molecule has 2 unspecified atom stereocenters. The molecule has 0 amide bonds. The predicted octanol–water partition coefficient (Wildman–Crippen LogP) is -1.35. The molecule has 0 aromatic carbocycles. The van der Waals surface area contributed by atoms with Crippen molar-refractivity contribution in [1.82, 2.24) is 48.4 Å². The third-order valence-electron chi connectivity index (χ3n) is 8.20. The van der Waals surface area contributed by atoms with Crippen LogP contribution in [-0.2, 0) is 32.8 Å². The predicted molar refractivity (Wildman–Crippen MR) is 166 cm³/mol. The summed E-state index contributed by atoms with van der Waals surface area (Å²) in [6, 6.07) is 0. The third kappa shape index (κ3) is 5.91. The van der Waals surface area contributed by atoms with Crippen LogP contribution in [0.2, 0.25) is 0 Å². The molecule has 266 valence electrons. The molecule has 2 aliphatic heterocycles. The number of aromatic nitrogens is 10. The van der Waals surface area contributed by atoms with Crippen molar-refractivity contribution in [3.63, 3.8) is 0 Å². The van der Waals surface area contributed by atoms with Crippen LogP contribution in [0.1, 0.15) is 12.5 Å². The van der Waals surface area contributed by atoms with Gasteiger partial charge in [0, 0.05) is 24.5 Å². The van der Waals surface area contributed by atoms with E-state index in [0.717, 1.165) is 10.7 Å². The maximum absolute atomic E-state index is 13.2. The highest BCUT2D eigenvalue weighted by atomic mass is 31.2. The van der Waals surface area contributed by atoms with E-state index in [1.807, 2.05) is 0 Å². The molecule has 50 heavy (non-hydrogen) atoms. The molecule has 2 aliphatic rings. The van der Waals surface area contributed by atoms with Gasteiger partial charge < -0.3 is 45.4 Å². The number of methoxy groups -OCH3 is 1. The second-order valence-electron chi connectivity index (χ2n) is 11.1. The van der Waals surface area contributed by atoms with Crippen LogP contribution in [-0.4, -0.2) is 122 Å². The molecule has 7 N–H and O–H groups in total. The Morgan fingerprint density at radius 3 is 2.48 bits per heavy atom. The van der Waals surface area contributed by atoms with Crippen LogP contribution in [0.4, 0.5) is 11.8 Å². The minimum absolute atomic E-state index is 0.0363. The largest absolute Gasteiger partial charge is 0.456 e. The van der Waals surface area contributed by atoms with Crippen LogP contribution in [0.5, 0.6) is 0 Å². The second kappa shape index (κ2) is 13.5. The number of anilines is 2. The second-order valence-corrected chi connectivity index (χ2v) is 13.0. The van der Waals surface area contributed by atoms with Gasteiger partial charge in [0.05, 0.1) is 25.9 Å². The van der Waals surface area contributed by atoms with Gasteiger partial charge in [0.15, 0.2) is 35.1 Å². The Balaban J connectivity index is 1.06. The molecule has 0 saturated carbocycles. The summed E-state index contributed by atoms with van der Waals surface area (Å²) in [5.74, 6) is -0.0322. The zero-order chi connectivity index (χ0) is 35.2. The van der Waals surface area contributed by atoms with Crippen molar-refractivity contribution in [2.75, 3.05) is 38.6 Å². The Hall–Kier alpha value is -4.78. The highest BCUT2D eigenvalue weighted by Crippen LogP contribution is 2.50. The van der Waals surface area contributed by atoms with E-state index in [9.17, 15) is 24.5 Å². The van der Waals surface area contributed by atoms with Crippen molar-refractivity contribution in [3.8, 4) is 0 Å². The van der Waals surface area contributed by atoms with E-state index >= 15 is 0 Å². The van der Waals surface area contributed by atoms with Crippen molar-refractivity contribution >= 4 is 41.8 Å². The van der Waals surface area contributed by atoms with Gasteiger partial charge in [0.2, 0.25) is 5.95 Å². The Morgan fingerprint density at radius 2 is 1.74 bits per heavy atom. The number of nitrogens with two attached hydrogens (primary N) is 2. The average molecular weight is 720 g/mol. The first-order valence-electron chi connectivity index (χ1n) is 14.8. The quantitative estimate of drug-likeness (QED) is 0.0406. The molecule has 2 saturated heterocycles. The van der Waals surface area contributed by atoms with E-state index in [1.54, 1.807) is 4.57 Å². The van der Waals surface area contributed by atoms with Gasteiger partial charge in [-0.1, -0.05) is 0 Å². The van der Waals surface area contributed by atoms with Gasteiger partial charge in [-0.05, 0) is 0 Å². The molecule has 9 atom stereocenters. The number of hydrogen-bond donors (Lipinski definition) is 5. The van der Waals surface area contributed by atoms with Crippen molar-refractivity contribution in [2.24, 2.45) is 4.95 Å². The molecule has 25 heteroatoms. The van der Waals surface area contributed by atoms with Gasteiger partial charge in [-0.15, -0.1) is 4.91 Å². The number of nitrogens with one attached hydrogen (secondary N) is 1. The monoisotopic (exact) mass is 719 g/mol. The lowest BCUT2D eigenvalue weighted by atomic mass is 10.1. The Kier molecular flexibility index (Phi) is 9.10. The highest BCUT2D eigenvalue weighted by molar-refractivity contribution is 7.55. The summed E-state index contributed by atoms with van der Waals surface area (Å²) in [4.78, 5) is 53.2. The number of H-pyrrole nitrogens is 1. The number of aliphatic hydroxyl groups is 2. The highest BCUT2D eigenvalue weighted by Gasteiger charge is 2.49. The maximum atomic E-state index is 13.2. The molecule has 0 radical (unpaired) electrons. The number of aliphatic hydroxyl groups excluding tert-OH is 2. The molecule has 24 nitrogen and oxygen atoms in total. The van der Waals surface area contributed by atoms with Gasteiger partial charge in [-0.25, -0.2) is 33.8 Å². The number of nitroso groups, excluding NO2 is 1. The van der Waals surface area contributed by atoms with Crippen molar-refractivity contribution in [2.45, 2.75) is 49.1 Å². The van der Waals surface area contributed by atoms with Crippen molar-refractivity contribution in [1.29, 1.82) is 0 Å². The van der Waals surface area contributed by atoms with Gasteiger partial charge in [-0.3, -0.25) is 23.4 Å². The summed E-state index contributed by atoms with van der Waals surface area (Å²) in [6.45, 7) is -1.14. The smallest absolute Gasteiger partial charge is 0.387 e. The molecular formula is C25H30N13O11P. The van der Waals surface area contributed by atoms with Gasteiger partial charge in [0.1, 0.15) is 61.6 Å². The topological polar surface area (TPSA) is 319 Å². The summed E-state index contributed by atoms with van der Waals surface area (Å²) in [5.41, 5.74) is 11.7. The molecule has 0 aliphatic carbocycles. The summed E-state index contributed by atoms with van der Waals surface area (Å²) in [7, 11) is -2.88. The first-order chi connectivity index (χ1) is 24.1. The maximum Gasteiger partial charge on any atom is 0.456 e. The lowest BCUT2D eigenvalue weighted by Gasteiger charge is -2.24. The number of nitrogens with zero attached hydrogens (tertiary/aromatic N) is 10. The number of ether oxygens (including phenoxy) is 5. The van der Waals surface area contributed by atoms with Crippen molar-refractivity contribution < 1.29 is 43.0 Å². The zero-order valence-electron chi connectivity index (χ0n) is 25.8. The summed E-state index contributed by atoms with van der Waals surface area (Å²) in [5, 5.41) is 21.5. The van der Waals surface area contributed by atoms with Crippen LogP contribution in [0.15, 0.2) is 47.4 Å². The van der Waals surface area contributed by atoms with E-state index in [4.69, 9.17) is 39.7 Å². The third-order valence-corrected chi connectivity index (χ3v) is 9.71. The Bertz CT molecular complexity index is 2090. The summed E-state index contributed by atoms with van der Waals surface area (Å²) in [6.07, 6.45) is -1.30. The number of aromatic amines is 1. The molecule has 5 aromatic rings. The van der Waals surface area contributed by atoms with Crippen LogP contribution in [0.3, 0.4) is 0 Å². The fraction of sp³-hybridized carbons (Fsp3) is 0.480. The number of hydrogen-bond acceptors (Lipinski definition) is 19. The Morgan fingerprint density at radius 1 is 0.980 bits per heavy atom. The summed E-state index contributed by atoms with van der Waals surface area (Å²) < 4.78 is 52.1. The minimum Gasteiger partial charge on any atom is -0.387 e. The molecule has 7 rings (SSSR count). The van der Waals surface area contributed by atoms with Gasteiger partial charge >= 0.3 is 7.67 Å². The molecule has 5 aromatic heterocycles. The Labute approximate surface area is 278 Å². The molecule has 0 spiro atoms. The van der Waals surface area contributed by atoms with Crippen LogP contribution in [0.25, 0.3) is 22.3 Å². The molecule has 7 heterocycles. The number of imidazole rings is 3. The van der Waals surface area contributed by atoms with Crippen LogP contribution < -0.4 is 17.0 Å². The summed E-state index contributed by atoms with van der Waals surface area (Å²) >= 11 is 0. The fourth-order valence-electron chi connectivity index (χ4n) is 5.80. The first-order valence-corrected chi connectivity index (χ1v) is 16.3. The van der Waals surface area contributed by atoms with E-state index in [1.165, 1.54) is 43.1 Å². The van der Waals surface area contributed by atoms with Crippen molar-refractivity contribution in [3.05, 3.63) is 53.0 Å². The first kappa shape index (κ1) is 33.7. The normalized spacial score (nSPS) is 28.1. The van der Waals surface area contributed by atoms with Gasteiger partial charge in [0.25, 0.3) is 5.56 Å². The molecule has 0 bridgehead atoms. The lowest BCUT2D eigenvalue weighted by molar-refractivity contribution is -0.154. The van der Waals surface area contributed by atoms with E-state index in [-0.39, 0.29) is 29.5 Å². The van der Waals surface area contributed by atoms with E-state index in [2.05, 4.69) is 39.8 Å². The zero-order valence-corrected chi connectivity index (χ0v) is 26.7. The molecular weight excluding hydrogens is 689 g/mol. The molecule has 2 fully saturated rings. The van der Waals surface area contributed by atoms with E-state index < -0.39 is 75.7 Å². The standard InChI is InChI=1S/C25H30N13O11P/c1-44-18-17(46-10-45-4-11-15(39)16(40)23(48-11)38-9-32-14-21(38)33-25(27)34-22(14)41)12(5-47-50(43,35-42)36-3-2-28-7-36)49-24(18)37-8-31-13-19(26)29-6-30-20(13)37/h2-3,6-9,11-12,15-18,23-24,39-40H,4-5,10H2,1H3,(H2,26,29,30)(H3,27,33,34,41)/t11-,12?,15-,16-,17-,18-,23-,24-,50?/m1/s1. The van der Waals surface area contributed by atoms with E-state index in [0.29, 0.717) is 11.2 Å². The number of rotatable bonds is 13. The fourth-order valence-corrected chi connectivity index (χ4v) is 6.82. The average Bonchev–Trinajstić information content (AvgIpc) is 3.94.